The molecule has 25 heavy (non-hydrogen) atoms. The Bertz CT molecular complexity index is 732. The largest absolute Gasteiger partial charge is 0.486 e. The van der Waals surface area contributed by atoms with Crippen molar-refractivity contribution in [3.05, 3.63) is 46.2 Å². The number of thiophene rings is 1. The number of benzene rings is 1. The van der Waals surface area contributed by atoms with Gasteiger partial charge in [-0.25, -0.2) is 0 Å². The molecule has 132 valence electrons. The molecule has 4 rings (SSSR count). The molecule has 0 bridgehead atoms. The summed E-state index contributed by atoms with van der Waals surface area (Å²) in [4.78, 5) is 17.4. The SMILES string of the molecule is O=C(c1cccc2c1OCCO2)N1CCCN(Cc2ccsc2)CC1. The van der Waals surface area contributed by atoms with Crippen LogP contribution in [0.1, 0.15) is 22.3 Å². The van der Waals surface area contributed by atoms with Gasteiger partial charge in [-0.1, -0.05) is 6.07 Å². The molecular weight excluding hydrogens is 336 g/mol. The molecule has 0 aliphatic carbocycles. The molecule has 0 atom stereocenters. The van der Waals surface area contributed by atoms with Crippen LogP contribution in [-0.4, -0.2) is 55.1 Å². The Labute approximate surface area is 151 Å². The van der Waals surface area contributed by atoms with E-state index in [1.54, 1.807) is 11.3 Å². The van der Waals surface area contributed by atoms with Gasteiger partial charge in [-0.15, -0.1) is 0 Å². The molecule has 1 fully saturated rings. The maximum Gasteiger partial charge on any atom is 0.257 e. The lowest BCUT2D eigenvalue weighted by atomic mass is 10.1. The van der Waals surface area contributed by atoms with Gasteiger partial charge in [0.05, 0.1) is 5.56 Å². The molecule has 6 heteroatoms. The minimum Gasteiger partial charge on any atom is -0.486 e. The predicted molar refractivity (Wildman–Crippen MR) is 97.5 cm³/mol. The number of hydrogen-bond donors (Lipinski definition) is 0. The zero-order valence-electron chi connectivity index (χ0n) is 14.1. The summed E-state index contributed by atoms with van der Waals surface area (Å²) in [5.74, 6) is 1.31. The van der Waals surface area contributed by atoms with Gasteiger partial charge in [-0.05, 0) is 40.9 Å². The molecule has 2 aliphatic rings. The van der Waals surface area contributed by atoms with E-state index in [9.17, 15) is 4.79 Å². The Kier molecular flexibility index (Phi) is 4.90. The topological polar surface area (TPSA) is 42.0 Å². The van der Waals surface area contributed by atoms with Crippen LogP contribution in [0.3, 0.4) is 0 Å². The normalized spacial score (nSPS) is 18.0. The first-order valence-corrected chi connectivity index (χ1v) is 9.67. The van der Waals surface area contributed by atoms with E-state index >= 15 is 0 Å². The third-order valence-electron chi connectivity index (χ3n) is 4.66. The van der Waals surface area contributed by atoms with Crippen LogP contribution in [0.5, 0.6) is 11.5 Å². The maximum absolute atomic E-state index is 13.0. The zero-order chi connectivity index (χ0) is 17.1. The van der Waals surface area contributed by atoms with Gasteiger partial charge >= 0.3 is 0 Å². The summed E-state index contributed by atoms with van der Waals surface area (Å²) in [7, 11) is 0. The molecule has 0 unspecified atom stereocenters. The number of carbonyl (C=O) groups is 1. The quantitative estimate of drug-likeness (QED) is 0.846. The zero-order valence-corrected chi connectivity index (χ0v) is 15.0. The Morgan fingerprint density at radius 1 is 1.08 bits per heavy atom. The molecule has 0 N–H and O–H groups in total. The van der Waals surface area contributed by atoms with Crippen molar-refractivity contribution in [3.63, 3.8) is 0 Å². The lowest BCUT2D eigenvalue weighted by Crippen LogP contribution is -2.35. The fraction of sp³-hybridized carbons (Fsp3) is 0.421. The lowest BCUT2D eigenvalue weighted by Gasteiger charge is -2.25. The molecule has 3 heterocycles. The van der Waals surface area contributed by atoms with Gasteiger partial charge in [-0.2, -0.15) is 11.3 Å². The molecule has 2 aromatic rings. The fourth-order valence-electron chi connectivity index (χ4n) is 3.39. The molecule has 1 aromatic heterocycles. The Morgan fingerprint density at radius 2 is 2.00 bits per heavy atom. The highest BCUT2D eigenvalue weighted by atomic mass is 32.1. The lowest BCUT2D eigenvalue weighted by molar-refractivity contribution is 0.0750. The summed E-state index contributed by atoms with van der Waals surface area (Å²) in [5, 5.41) is 4.31. The summed E-state index contributed by atoms with van der Waals surface area (Å²) in [6, 6.07) is 7.73. The minimum absolute atomic E-state index is 0.0414. The second kappa shape index (κ2) is 7.45. The number of ether oxygens (including phenoxy) is 2. The van der Waals surface area contributed by atoms with Gasteiger partial charge in [-0.3, -0.25) is 9.69 Å². The van der Waals surface area contributed by atoms with Crippen molar-refractivity contribution in [2.24, 2.45) is 0 Å². The van der Waals surface area contributed by atoms with Crippen LogP contribution in [0.25, 0.3) is 0 Å². The smallest absolute Gasteiger partial charge is 0.257 e. The summed E-state index contributed by atoms with van der Waals surface area (Å²) >= 11 is 1.73. The fourth-order valence-corrected chi connectivity index (χ4v) is 4.05. The van der Waals surface area contributed by atoms with Crippen LogP contribution in [0.15, 0.2) is 35.0 Å². The van der Waals surface area contributed by atoms with Gasteiger partial charge in [0.15, 0.2) is 11.5 Å². The van der Waals surface area contributed by atoms with Crippen molar-refractivity contribution in [2.75, 3.05) is 39.4 Å². The van der Waals surface area contributed by atoms with Crippen molar-refractivity contribution >= 4 is 17.2 Å². The molecule has 0 saturated carbocycles. The van der Waals surface area contributed by atoms with Crippen molar-refractivity contribution in [2.45, 2.75) is 13.0 Å². The van der Waals surface area contributed by atoms with Crippen molar-refractivity contribution in [1.29, 1.82) is 0 Å². The Balaban J connectivity index is 1.44. The first-order valence-electron chi connectivity index (χ1n) is 8.72. The average Bonchev–Trinajstić information content (AvgIpc) is 3.05. The first kappa shape index (κ1) is 16.4. The van der Waals surface area contributed by atoms with Crippen LogP contribution >= 0.6 is 11.3 Å². The number of amides is 1. The van der Waals surface area contributed by atoms with Crippen LogP contribution in [0.4, 0.5) is 0 Å². The molecule has 2 aliphatic heterocycles. The van der Waals surface area contributed by atoms with Gasteiger partial charge in [0.25, 0.3) is 5.91 Å². The van der Waals surface area contributed by atoms with E-state index < -0.39 is 0 Å². The van der Waals surface area contributed by atoms with E-state index in [1.807, 2.05) is 23.1 Å². The Hall–Kier alpha value is -2.05. The van der Waals surface area contributed by atoms with Gasteiger partial charge in [0, 0.05) is 32.7 Å². The molecule has 5 nitrogen and oxygen atoms in total. The number of para-hydroxylation sites is 1. The van der Waals surface area contributed by atoms with E-state index in [0.29, 0.717) is 30.3 Å². The highest BCUT2D eigenvalue weighted by Gasteiger charge is 2.26. The van der Waals surface area contributed by atoms with Gasteiger partial charge < -0.3 is 14.4 Å². The van der Waals surface area contributed by atoms with Crippen LogP contribution < -0.4 is 9.47 Å². The van der Waals surface area contributed by atoms with Crippen molar-refractivity contribution in [3.8, 4) is 11.5 Å². The molecule has 1 saturated heterocycles. The maximum atomic E-state index is 13.0. The van der Waals surface area contributed by atoms with Crippen LogP contribution in [-0.2, 0) is 6.54 Å². The second-order valence-electron chi connectivity index (χ2n) is 6.38. The monoisotopic (exact) mass is 358 g/mol. The number of fused-ring (bicyclic) bond motifs is 1. The van der Waals surface area contributed by atoms with Crippen LogP contribution in [0, 0.1) is 0 Å². The molecule has 0 radical (unpaired) electrons. The summed E-state index contributed by atoms with van der Waals surface area (Å²) in [6.45, 7) is 5.43. The first-order chi connectivity index (χ1) is 12.3. The van der Waals surface area contributed by atoms with Gasteiger partial charge in [0.2, 0.25) is 0 Å². The highest BCUT2D eigenvalue weighted by Crippen LogP contribution is 2.34. The van der Waals surface area contributed by atoms with Crippen molar-refractivity contribution in [1.82, 2.24) is 9.80 Å². The Morgan fingerprint density at radius 3 is 2.88 bits per heavy atom. The average molecular weight is 358 g/mol. The predicted octanol–water partition coefficient (Wildman–Crippen LogP) is 2.87. The van der Waals surface area contributed by atoms with Gasteiger partial charge in [0.1, 0.15) is 13.2 Å². The number of rotatable bonds is 3. The molecule has 1 amide bonds. The molecule has 1 aromatic carbocycles. The summed E-state index contributed by atoms with van der Waals surface area (Å²) < 4.78 is 11.3. The number of carbonyl (C=O) groups excluding carboxylic acids is 1. The molecule has 0 spiro atoms. The third-order valence-corrected chi connectivity index (χ3v) is 5.39. The standard InChI is InChI=1S/C19H22N2O3S/c22-19(16-3-1-4-17-18(16)24-11-10-23-17)21-7-2-6-20(8-9-21)13-15-5-12-25-14-15/h1,3-5,12,14H,2,6-11,13H2. The summed E-state index contributed by atoms with van der Waals surface area (Å²) in [5.41, 5.74) is 1.97. The van der Waals surface area contributed by atoms with E-state index in [0.717, 1.165) is 39.1 Å². The van der Waals surface area contributed by atoms with E-state index in [1.165, 1.54) is 5.56 Å². The van der Waals surface area contributed by atoms with E-state index in [-0.39, 0.29) is 5.91 Å². The third kappa shape index (κ3) is 3.65. The highest BCUT2D eigenvalue weighted by molar-refractivity contribution is 7.07. The number of nitrogens with zero attached hydrogens (tertiary/aromatic N) is 2. The second-order valence-corrected chi connectivity index (χ2v) is 7.16. The number of hydrogen-bond acceptors (Lipinski definition) is 5. The minimum atomic E-state index is 0.0414. The van der Waals surface area contributed by atoms with Crippen molar-refractivity contribution < 1.29 is 14.3 Å². The van der Waals surface area contributed by atoms with Crippen LogP contribution in [0.2, 0.25) is 0 Å². The summed E-state index contributed by atoms with van der Waals surface area (Å²) in [6.07, 6.45) is 0.988. The van der Waals surface area contributed by atoms with E-state index in [4.69, 9.17) is 9.47 Å². The van der Waals surface area contributed by atoms with E-state index in [2.05, 4.69) is 21.7 Å². The molecular formula is C19H22N2O3S.